The Morgan fingerprint density at radius 3 is 2.56 bits per heavy atom. The predicted molar refractivity (Wildman–Crippen MR) is 104 cm³/mol. The lowest BCUT2D eigenvalue weighted by molar-refractivity contribution is -0.120. The van der Waals surface area contributed by atoms with Gasteiger partial charge in [0.2, 0.25) is 5.91 Å². The quantitative estimate of drug-likeness (QED) is 0.652. The summed E-state index contributed by atoms with van der Waals surface area (Å²) in [6.45, 7) is 0. The number of hydrogen-bond donors (Lipinski definition) is 1. The van der Waals surface area contributed by atoms with E-state index in [-0.39, 0.29) is 11.8 Å². The van der Waals surface area contributed by atoms with Gasteiger partial charge in [-0.3, -0.25) is 4.79 Å². The normalized spacial score (nSPS) is 15.4. The van der Waals surface area contributed by atoms with Crippen LogP contribution in [0.3, 0.4) is 0 Å². The number of anilines is 1. The molecule has 128 valence electrons. The van der Waals surface area contributed by atoms with Gasteiger partial charge in [0.15, 0.2) is 0 Å². The van der Waals surface area contributed by atoms with Crippen molar-refractivity contribution >= 4 is 33.2 Å². The van der Waals surface area contributed by atoms with Gasteiger partial charge in [0.1, 0.15) is 5.65 Å². The number of hydrogen-bond acceptors (Lipinski definition) is 2. The number of fused-ring (bicyclic) bond motifs is 1. The molecule has 0 atom stereocenters. The first-order chi connectivity index (χ1) is 12.2. The zero-order valence-corrected chi connectivity index (χ0v) is 15.5. The second-order valence-corrected chi connectivity index (χ2v) is 7.56. The molecule has 4 nitrogen and oxygen atoms in total. The highest BCUT2D eigenvalue weighted by atomic mass is 79.9. The summed E-state index contributed by atoms with van der Waals surface area (Å²) in [5.74, 6) is 0.304. The largest absolute Gasteiger partial charge is 0.325 e. The first-order valence-electron chi connectivity index (χ1n) is 8.74. The Morgan fingerprint density at radius 2 is 1.80 bits per heavy atom. The summed E-state index contributed by atoms with van der Waals surface area (Å²) >= 11 is 3.45. The van der Waals surface area contributed by atoms with E-state index in [1.54, 1.807) is 0 Å². The molecule has 1 saturated carbocycles. The Balaban J connectivity index is 1.55. The van der Waals surface area contributed by atoms with Gasteiger partial charge in [-0.15, -0.1) is 0 Å². The Morgan fingerprint density at radius 1 is 1.04 bits per heavy atom. The molecular weight excluding hydrogens is 378 g/mol. The smallest absolute Gasteiger partial charge is 0.227 e. The maximum Gasteiger partial charge on any atom is 0.227 e. The van der Waals surface area contributed by atoms with Crippen LogP contribution in [0, 0.1) is 5.92 Å². The van der Waals surface area contributed by atoms with Gasteiger partial charge in [-0.05, 0) is 37.1 Å². The lowest BCUT2D eigenvalue weighted by atomic mass is 9.88. The van der Waals surface area contributed by atoms with E-state index in [1.165, 1.54) is 6.42 Å². The molecule has 25 heavy (non-hydrogen) atoms. The van der Waals surface area contributed by atoms with Crippen LogP contribution in [0.5, 0.6) is 0 Å². The van der Waals surface area contributed by atoms with Crippen LogP contribution in [0.1, 0.15) is 32.1 Å². The summed E-state index contributed by atoms with van der Waals surface area (Å²) in [5, 5.41) is 3.07. The Kier molecular flexibility index (Phi) is 4.57. The standard InChI is InChI=1S/C20H20BrN3O/c21-16-8-6-14(7-9-16)18-13-24-12-17(10-11-19(24)23-18)22-20(25)15-4-2-1-3-5-15/h6-13,15H,1-5H2,(H,22,25). The van der Waals surface area contributed by atoms with Crippen molar-refractivity contribution < 1.29 is 4.79 Å². The van der Waals surface area contributed by atoms with Crippen LogP contribution in [0.2, 0.25) is 0 Å². The highest BCUT2D eigenvalue weighted by Gasteiger charge is 2.21. The van der Waals surface area contributed by atoms with Crippen molar-refractivity contribution in [1.29, 1.82) is 0 Å². The number of rotatable bonds is 3. The van der Waals surface area contributed by atoms with Gasteiger partial charge in [-0.1, -0.05) is 47.3 Å². The fourth-order valence-electron chi connectivity index (χ4n) is 3.43. The van der Waals surface area contributed by atoms with Gasteiger partial charge in [0.25, 0.3) is 0 Å². The van der Waals surface area contributed by atoms with Crippen LogP contribution < -0.4 is 5.32 Å². The third kappa shape index (κ3) is 3.61. The van der Waals surface area contributed by atoms with E-state index in [0.717, 1.165) is 52.7 Å². The maximum atomic E-state index is 12.4. The summed E-state index contributed by atoms with van der Waals surface area (Å²) in [5.41, 5.74) is 3.68. The molecule has 1 N–H and O–H groups in total. The minimum absolute atomic E-state index is 0.146. The number of carbonyl (C=O) groups is 1. The minimum atomic E-state index is 0.146. The number of nitrogens with one attached hydrogen (secondary N) is 1. The third-order valence-electron chi connectivity index (χ3n) is 4.83. The van der Waals surface area contributed by atoms with Crippen molar-refractivity contribution in [1.82, 2.24) is 9.38 Å². The van der Waals surface area contributed by atoms with Gasteiger partial charge in [-0.2, -0.15) is 0 Å². The first-order valence-corrected chi connectivity index (χ1v) is 9.54. The summed E-state index contributed by atoms with van der Waals surface area (Å²) in [4.78, 5) is 17.1. The minimum Gasteiger partial charge on any atom is -0.325 e. The molecule has 1 aliphatic carbocycles. The molecule has 1 amide bonds. The monoisotopic (exact) mass is 397 g/mol. The lowest BCUT2D eigenvalue weighted by Crippen LogP contribution is -2.24. The molecule has 4 rings (SSSR count). The average Bonchev–Trinajstić information content (AvgIpc) is 3.06. The van der Waals surface area contributed by atoms with Crippen LogP contribution in [-0.2, 0) is 4.79 Å². The zero-order valence-electron chi connectivity index (χ0n) is 13.9. The number of imidazole rings is 1. The number of nitrogens with zero attached hydrogens (tertiary/aromatic N) is 2. The van der Waals surface area contributed by atoms with Crippen LogP contribution >= 0.6 is 15.9 Å². The number of aromatic nitrogens is 2. The van der Waals surface area contributed by atoms with E-state index in [4.69, 9.17) is 0 Å². The fourth-order valence-corrected chi connectivity index (χ4v) is 3.70. The lowest BCUT2D eigenvalue weighted by Gasteiger charge is -2.20. The summed E-state index contributed by atoms with van der Waals surface area (Å²) < 4.78 is 3.01. The van der Waals surface area contributed by atoms with Gasteiger partial charge in [-0.25, -0.2) is 4.98 Å². The van der Waals surface area contributed by atoms with E-state index < -0.39 is 0 Å². The molecule has 2 heterocycles. The molecule has 0 spiro atoms. The third-order valence-corrected chi connectivity index (χ3v) is 5.36. The van der Waals surface area contributed by atoms with Crippen molar-refractivity contribution in [2.24, 2.45) is 5.92 Å². The summed E-state index contributed by atoms with van der Waals surface area (Å²) in [6, 6.07) is 12.0. The summed E-state index contributed by atoms with van der Waals surface area (Å²) in [7, 11) is 0. The van der Waals surface area contributed by atoms with Crippen LogP contribution in [-0.4, -0.2) is 15.3 Å². The van der Waals surface area contributed by atoms with Crippen molar-refractivity contribution in [3.8, 4) is 11.3 Å². The van der Waals surface area contributed by atoms with Crippen molar-refractivity contribution in [3.05, 3.63) is 53.3 Å². The molecule has 0 aliphatic heterocycles. The number of pyridine rings is 1. The van der Waals surface area contributed by atoms with Crippen molar-refractivity contribution in [2.75, 3.05) is 5.32 Å². The van der Waals surface area contributed by atoms with Gasteiger partial charge in [0, 0.05) is 28.3 Å². The van der Waals surface area contributed by atoms with E-state index in [9.17, 15) is 4.79 Å². The second-order valence-electron chi connectivity index (χ2n) is 6.64. The maximum absolute atomic E-state index is 12.4. The molecule has 3 aromatic rings. The van der Waals surface area contributed by atoms with Crippen LogP contribution in [0.15, 0.2) is 53.3 Å². The topological polar surface area (TPSA) is 46.4 Å². The van der Waals surface area contributed by atoms with Crippen molar-refractivity contribution in [2.45, 2.75) is 32.1 Å². The Hall–Kier alpha value is -2.14. The Labute approximate surface area is 155 Å². The molecule has 0 saturated heterocycles. The zero-order chi connectivity index (χ0) is 17.2. The van der Waals surface area contributed by atoms with Crippen LogP contribution in [0.25, 0.3) is 16.9 Å². The number of carbonyl (C=O) groups excluding carboxylic acids is 1. The van der Waals surface area contributed by atoms with E-state index >= 15 is 0 Å². The first kappa shape index (κ1) is 16.3. The van der Waals surface area contributed by atoms with Gasteiger partial charge in [0.05, 0.1) is 11.4 Å². The molecule has 0 bridgehead atoms. The predicted octanol–water partition coefficient (Wildman–Crippen LogP) is 5.28. The van der Waals surface area contributed by atoms with E-state index in [1.807, 2.05) is 53.2 Å². The van der Waals surface area contributed by atoms with E-state index in [2.05, 4.69) is 26.2 Å². The summed E-state index contributed by atoms with van der Waals surface area (Å²) in [6.07, 6.45) is 9.52. The van der Waals surface area contributed by atoms with Crippen molar-refractivity contribution in [3.63, 3.8) is 0 Å². The molecular formula is C20H20BrN3O. The van der Waals surface area contributed by atoms with Gasteiger partial charge < -0.3 is 9.72 Å². The van der Waals surface area contributed by atoms with E-state index in [0.29, 0.717) is 0 Å². The number of amides is 1. The molecule has 1 aliphatic rings. The highest BCUT2D eigenvalue weighted by Crippen LogP contribution is 2.26. The number of benzene rings is 1. The average molecular weight is 398 g/mol. The van der Waals surface area contributed by atoms with Crippen LogP contribution in [0.4, 0.5) is 5.69 Å². The molecule has 1 aromatic carbocycles. The molecule has 0 unspecified atom stereocenters. The fraction of sp³-hybridized carbons (Fsp3) is 0.300. The number of halogens is 1. The van der Waals surface area contributed by atoms with Gasteiger partial charge >= 0.3 is 0 Å². The molecule has 2 aromatic heterocycles. The molecule has 1 fully saturated rings. The Bertz CT molecular complexity index is 895. The molecule has 5 heteroatoms. The molecule has 0 radical (unpaired) electrons. The second kappa shape index (κ2) is 7.00. The highest BCUT2D eigenvalue weighted by molar-refractivity contribution is 9.10. The SMILES string of the molecule is O=C(Nc1ccc2nc(-c3ccc(Br)cc3)cn2c1)C1CCCCC1.